The number of methoxy groups -OCH3 is 1. The average Bonchev–Trinajstić information content (AvgIpc) is 2.94. The highest BCUT2D eigenvalue weighted by Gasteiger charge is 2.40. The van der Waals surface area contributed by atoms with Gasteiger partial charge in [-0.2, -0.15) is 0 Å². The molecule has 142 valence electrons. The zero-order valence-electron chi connectivity index (χ0n) is 15.3. The van der Waals surface area contributed by atoms with Gasteiger partial charge < -0.3 is 14.1 Å². The van der Waals surface area contributed by atoms with E-state index in [0.717, 1.165) is 25.1 Å². The summed E-state index contributed by atoms with van der Waals surface area (Å²) < 4.78 is 10.5. The van der Waals surface area contributed by atoms with Crippen molar-refractivity contribution < 1.29 is 13.9 Å². The molecule has 0 aromatic carbocycles. The molecule has 3 fully saturated rings. The fourth-order valence-corrected chi connectivity index (χ4v) is 4.02. The van der Waals surface area contributed by atoms with E-state index in [-0.39, 0.29) is 29.0 Å². The quantitative estimate of drug-likeness (QED) is 0.798. The molecule has 27 heavy (non-hydrogen) atoms. The van der Waals surface area contributed by atoms with E-state index in [1.807, 2.05) is 23.1 Å². The maximum absolute atomic E-state index is 12.9. The molecule has 0 radical (unpaired) electrons. The first-order chi connectivity index (χ1) is 13.1. The molecule has 3 aliphatic rings. The molecule has 2 aromatic rings. The molecule has 0 saturated carbocycles. The van der Waals surface area contributed by atoms with E-state index in [1.54, 1.807) is 6.20 Å². The Balaban J connectivity index is 1.49. The second-order valence-corrected chi connectivity index (χ2v) is 7.19. The van der Waals surface area contributed by atoms with Crippen LogP contribution in [0.4, 0.5) is 0 Å². The summed E-state index contributed by atoms with van der Waals surface area (Å²) in [4.78, 5) is 33.4. The summed E-state index contributed by atoms with van der Waals surface area (Å²) in [6.45, 7) is 2.51. The standard InChI is InChI=1S/C20H23N3O4/c1-26-19-13-27-17(8-18(19)24)12-22-9-14-5-6-16(11-22)23(20(14)25)10-15-4-2-3-7-21-15/h2-4,7-8,13-14,16H,5-6,9-12H2,1H3/t14-,16+/m0/s1. The maximum Gasteiger partial charge on any atom is 0.227 e. The number of hydrogen-bond acceptors (Lipinski definition) is 6. The second kappa shape index (κ2) is 7.52. The molecule has 7 heteroatoms. The number of fused-ring (bicyclic) bond motifs is 4. The molecule has 0 aliphatic carbocycles. The van der Waals surface area contributed by atoms with Crippen LogP contribution in [0.3, 0.4) is 0 Å². The number of piperidine rings is 1. The van der Waals surface area contributed by atoms with E-state index < -0.39 is 0 Å². The Bertz CT molecular complexity index is 867. The molecule has 5 heterocycles. The molecular weight excluding hydrogens is 346 g/mol. The zero-order chi connectivity index (χ0) is 18.8. The van der Waals surface area contributed by atoms with Crippen molar-refractivity contribution in [1.82, 2.24) is 14.8 Å². The average molecular weight is 369 g/mol. The topological polar surface area (TPSA) is 75.9 Å². The number of nitrogens with zero attached hydrogens (tertiary/aromatic N) is 3. The number of ether oxygens (including phenoxy) is 1. The minimum absolute atomic E-state index is 0.0163. The Morgan fingerprint density at radius 1 is 1.22 bits per heavy atom. The van der Waals surface area contributed by atoms with Gasteiger partial charge in [-0.25, -0.2) is 0 Å². The number of carbonyl (C=O) groups is 1. The Labute approximate surface area is 157 Å². The van der Waals surface area contributed by atoms with Crippen molar-refractivity contribution in [2.45, 2.75) is 32.0 Å². The van der Waals surface area contributed by atoms with Crippen molar-refractivity contribution in [2.24, 2.45) is 5.92 Å². The van der Waals surface area contributed by atoms with Crippen LogP contribution in [-0.2, 0) is 17.9 Å². The molecule has 0 spiro atoms. The summed E-state index contributed by atoms with van der Waals surface area (Å²) in [5.41, 5.74) is 0.718. The first kappa shape index (κ1) is 17.7. The van der Waals surface area contributed by atoms with Gasteiger partial charge in [0.2, 0.25) is 17.1 Å². The first-order valence-electron chi connectivity index (χ1n) is 9.22. The van der Waals surface area contributed by atoms with Gasteiger partial charge in [0.1, 0.15) is 12.0 Å². The molecule has 7 nitrogen and oxygen atoms in total. The van der Waals surface area contributed by atoms with Gasteiger partial charge in [-0.1, -0.05) is 6.07 Å². The number of aromatic nitrogens is 1. The Morgan fingerprint density at radius 3 is 2.85 bits per heavy atom. The second-order valence-electron chi connectivity index (χ2n) is 7.19. The molecule has 2 atom stereocenters. The lowest BCUT2D eigenvalue weighted by atomic mass is 9.94. The van der Waals surface area contributed by atoms with Gasteiger partial charge >= 0.3 is 0 Å². The fourth-order valence-electron chi connectivity index (χ4n) is 4.02. The molecule has 2 bridgehead atoms. The molecular formula is C20H23N3O4. The fraction of sp³-hybridized carbons (Fsp3) is 0.450. The van der Waals surface area contributed by atoms with Crippen LogP contribution < -0.4 is 10.2 Å². The predicted octanol–water partition coefficient (Wildman–Crippen LogP) is 1.67. The third kappa shape index (κ3) is 3.73. The monoisotopic (exact) mass is 369 g/mol. The normalized spacial score (nSPS) is 22.7. The number of pyridine rings is 1. The van der Waals surface area contributed by atoms with E-state index in [1.165, 1.54) is 19.4 Å². The lowest BCUT2D eigenvalue weighted by molar-refractivity contribution is -0.140. The van der Waals surface area contributed by atoms with Crippen molar-refractivity contribution in [3.05, 3.63) is 58.4 Å². The van der Waals surface area contributed by atoms with Crippen molar-refractivity contribution in [3.63, 3.8) is 0 Å². The Kier molecular flexibility index (Phi) is 4.94. The third-order valence-corrected chi connectivity index (χ3v) is 5.38. The first-order valence-corrected chi connectivity index (χ1v) is 9.22. The van der Waals surface area contributed by atoms with Crippen LogP contribution >= 0.6 is 0 Å². The van der Waals surface area contributed by atoms with Crippen LogP contribution in [0.1, 0.15) is 24.3 Å². The van der Waals surface area contributed by atoms with Gasteiger partial charge in [0.05, 0.1) is 31.8 Å². The van der Waals surface area contributed by atoms with Crippen molar-refractivity contribution in [2.75, 3.05) is 20.2 Å². The van der Waals surface area contributed by atoms with Crippen molar-refractivity contribution >= 4 is 5.91 Å². The van der Waals surface area contributed by atoms with Crippen LogP contribution in [0.5, 0.6) is 5.75 Å². The highest BCUT2D eigenvalue weighted by Crippen LogP contribution is 2.30. The Morgan fingerprint density at radius 2 is 2.11 bits per heavy atom. The van der Waals surface area contributed by atoms with Gasteiger partial charge in [0.15, 0.2) is 0 Å². The minimum atomic E-state index is -0.190. The highest BCUT2D eigenvalue weighted by molar-refractivity contribution is 5.80. The molecule has 1 amide bonds. The lowest BCUT2D eigenvalue weighted by Crippen LogP contribution is -2.47. The van der Waals surface area contributed by atoms with Gasteiger partial charge in [-0.3, -0.25) is 19.5 Å². The summed E-state index contributed by atoms with van der Waals surface area (Å²) in [7, 11) is 1.44. The van der Waals surface area contributed by atoms with Crippen LogP contribution in [0, 0.1) is 5.92 Å². The van der Waals surface area contributed by atoms with Gasteiger partial charge in [-0.15, -0.1) is 0 Å². The Hall–Kier alpha value is -2.67. The molecule has 0 unspecified atom stereocenters. The summed E-state index contributed by atoms with van der Waals surface area (Å²) in [5, 5.41) is 0. The smallest absolute Gasteiger partial charge is 0.227 e. The number of hydrogen-bond donors (Lipinski definition) is 0. The summed E-state index contributed by atoms with van der Waals surface area (Å²) in [6.07, 6.45) is 5.01. The summed E-state index contributed by atoms with van der Waals surface area (Å²) >= 11 is 0. The van der Waals surface area contributed by atoms with E-state index in [0.29, 0.717) is 25.4 Å². The van der Waals surface area contributed by atoms with Crippen molar-refractivity contribution in [3.8, 4) is 5.75 Å². The molecule has 5 rings (SSSR count). The van der Waals surface area contributed by atoms with Crippen LogP contribution in [-0.4, -0.2) is 46.9 Å². The van der Waals surface area contributed by atoms with E-state index in [9.17, 15) is 9.59 Å². The van der Waals surface area contributed by atoms with Gasteiger partial charge in [0.25, 0.3) is 0 Å². The van der Waals surface area contributed by atoms with Crippen LogP contribution in [0.2, 0.25) is 0 Å². The number of rotatable bonds is 5. The SMILES string of the molecule is COc1coc(CN2C[C@@H]3CC[C@H](C2)N(Cc2ccccn2)C3=O)cc1=O. The van der Waals surface area contributed by atoms with E-state index >= 15 is 0 Å². The predicted molar refractivity (Wildman–Crippen MR) is 98.1 cm³/mol. The number of carbonyl (C=O) groups excluding carboxylic acids is 1. The van der Waals surface area contributed by atoms with E-state index in [4.69, 9.17) is 9.15 Å². The summed E-state index contributed by atoms with van der Waals surface area (Å²) in [5.74, 6) is 0.977. The summed E-state index contributed by atoms with van der Waals surface area (Å²) in [6, 6.07) is 7.41. The van der Waals surface area contributed by atoms with E-state index in [2.05, 4.69) is 9.88 Å². The zero-order valence-corrected chi connectivity index (χ0v) is 15.3. The molecule has 3 saturated heterocycles. The lowest BCUT2D eigenvalue weighted by Gasteiger charge is -2.35. The number of amides is 1. The molecule has 3 aliphatic heterocycles. The minimum Gasteiger partial charge on any atom is -0.490 e. The van der Waals surface area contributed by atoms with Crippen molar-refractivity contribution in [1.29, 1.82) is 0 Å². The largest absolute Gasteiger partial charge is 0.490 e. The third-order valence-electron chi connectivity index (χ3n) is 5.38. The highest BCUT2D eigenvalue weighted by atomic mass is 16.5. The van der Waals surface area contributed by atoms with Gasteiger partial charge in [0, 0.05) is 31.4 Å². The van der Waals surface area contributed by atoms with Crippen LogP contribution in [0.15, 0.2) is 45.9 Å². The maximum atomic E-state index is 12.9. The molecule has 2 aromatic heterocycles. The molecule has 0 N–H and O–H groups in total. The van der Waals surface area contributed by atoms with Gasteiger partial charge in [-0.05, 0) is 25.0 Å². The van der Waals surface area contributed by atoms with Crippen LogP contribution in [0.25, 0.3) is 0 Å².